The van der Waals surface area contributed by atoms with Gasteiger partial charge in [0.2, 0.25) is 0 Å². The van der Waals surface area contributed by atoms with Crippen LogP contribution in [0.15, 0.2) is 40.8 Å². The second-order valence-corrected chi connectivity index (χ2v) is 7.16. The third-order valence-corrected chi connectivity index (χ3v) is 4.85. The number of methoxy groups -OCH3 is 1. The zero-order valence-corrected chi connectivity index (χ0v) is 18.4. The molecular weight excluding hydrogens is 399 g/mol. The summed E-state index contributed by atoms with van der Waals surface area (Å²) in [5.41, 5.74) is 4.35. The normalized spacial score (nSPS) is 12.5. The Hall–Kier alpha value is -3.19. The summed E-state index contributed by atoms with van der Waals surface area (Å²) < 4.78 is 23.0. The average molecular weight is 429 g/mol. The molecule has 166 valence electrons. The fourth-order valence-corrected chi connectivity index (χ4v) is 3.47. The Morgan fingerprint density at radius 2 is 1.77 bits per heavy atom. The molecule has 2 heterocycles. The molecule has 0 bridgehead atoms. The molecule has 0 fully saturated rings. The van der Waals surface area contributed by atoms with E-state index >= 15 is 0 Å². The Kier molecular flexibility index (Phi) is 9.21. The van der Waals surface area contributed by atoms with Gasteiger partial charge in [-0.05, 0) is 69.3 Å². The van der Waals surface area contributed by atoms with Crippen LogP contribution < -0.4 is 10.2 Å². The summed E-state index contributed by atoms with van der Waals surface area (Å²) >= 11 is 0. The molecule has 0 aliphatic carbocycles. The van der Waals surface area contributed by atoms with Crippen molar-refractivity contribution in [2.24, 2.45) is 0 Å². The number of furan rings is 1. The topological polar surface area (TPSA) is 71.8 Å². The van der Waals surface area contributed by atoms with Gasteiger partial charge in [0, 0.05) is 36.3 Å². The Morgan fingerprint density at radius 3 is 2.35 bits per heavy atom. The standard InChI is InChI=1S/C20H18FNO2.C2H7N.C2H4O2/c1-22-9-3-2-4-14-10-16-17(12-23)20(24-19(16)11-18(14)22)13-5-7-15(21)8-6-13;1-3-2;1-4-2-3/h5-8,10-12H,2-4,9H2,1H3;3H,1-2H3;2H,1H3. The van der Waals surface area contributed by atoms with Crippen molar-refractivity contribution in [2.45, 2.75) is 19.3 Å². The van der Waals surface area contributed by atoms with Gasteiger partial charge >= 0.3 is 0 Å². The smallest absolute Gasteiger partial charge is 0.292 e. The van der Waals surface area contributed by atoms with E-state index in [-0.39, 0.29) is 5.82 Å². The molecular formula is C24H29FN2O4. The van der Waals surface area contributed by atoms with E-state index in [1.165, 1.54) is 24.8 Å². The van der Waals surface area contributed by atoms with E-state index in [0.29, 0.717) is 28.9 Å². The number of nitrogens with zero attached hydrogens (tertiary/aromatic N) is 1. The zero-order chi connectivity index (χ0) is 22.8. The van der Waals surface area contributed by atoms with Gasteiger partial charge in [-0.1, -0.05) is 0 Å². The molecule has 0 saturated heterocycles. The molecule has 1 N–H and O–H groups in total. The van der Waals surface area contributed by atoms with E-state index in [1.54, 1.807) is 12.1 Å². The van der Waals surface area contributed by atoms with Crippen LogP contribution in [0, 0.1) is 5.82 Å². The SMILES string of the molecule is CN1CCCCc2cc3c(C=O)c(-c4ccc(F)cc4)oc3cc21.CNC.COC=O. The lowest BCUT2D eigenvalue weighted by Gasteiger charge is -2.19. The number of hydrogen-bond donors (Lipinski definition) is 1. The highest BCUT2D eigenvalue weighted by Crippen LogP contribution is 2.37. The molecule has 0 spiro atoms. The minimum absolute atomic E-state index is 0.309. The monoisotopic (exact) mass is 428 g/mol. The van der Waals surface area contributed by atoms with E-state index in [9.17, 15) is 9.18 Å². The van der Waals surface area contributed by atoms with Crippen LogP contribution in [0.25, 0.3) is 22.3 Å². The first-order chi connectivity index (χ1) is 15.0. The largest absolute Gasteiger partial charge is 0.471 e. The number of aldehydes is 1. The van der Waals surface area contributed by atoms with Gasteiger partial charge in [0.25, 0.3) is 6.47 Å². The van der Waals surface area contributed by atoms with Crippen LogP contribution in [0.4, 0.5) is 10.1 Å². The molecule has 7 heteroatoms. The minimum atomic E-state index is -0.309. The lowest BCUT2D eigenvalue weighted by molar-refractivity contribution is -0.126. The van der Waals surface area contributed by atoms with Crippen LogP contribution in [0.3, 0.4) is 0 Å². The zero-order valence-electron chi connectivity index (χ0n) is 18.4. The first-order valence-corrected chi connectivity index (χ1v) is 10.1. The molecule has 6 nitrogen and oxygen atoms in total. The summed E-state index contributed by atoms with van der Waals surface area (Å²) in [5, 5.41) is 3.58. The van der Waals surface area contributed by atoms with E-state index in [2.05, 4.69) is 28.1 Å². The van der Waals surface area contributed by atoms with Gasteiger partial charge in [0.1, 0.15) is 17.2 Å². The lowest BCUT2D eigenvalue weighted by Crippen LogP contribution is -2.17. The van der Waals surface area contributed by atoms with E-state index in [0.717, 1.165) is 43.2 Å². The summed E-state index contributed by atoms with van der Waals surface area (Å²) in [4.78, 5) is 22.9. The van der Waals surface area contributed by atoms with Gasteiger partial charge in [0.05, 0.1) is 12.7 Å². The number of ether oxygens (including phenoxy) is 1. The lowest BCUT2D eigenvalue weighted by atomic mass is 10.0. The second-order valence-electron chi connectivity index (χ2n) is 7.16. The Balaban J connectivity index is 0.000000431. The van der Waals surface area contributed by atoms with Crippen LogP contribution in [0.5, 0.6) is 0 Å². The number of rotatable bonds is 3. The molecule has 1 aliphatic rings. The highest BCUT2D eigenvalue weighted by Gasteiger charge is 2.20. The van der Waals surface area contributed by atoms with Gasteiger partial charge in [-0.3, -0.25) is 9.59 Å². The molecule has 0 radical (unpaired) electrons. The first kappa shape index (κ1) is 24.1. The van der Waals surface area contributed by atoms with Crippen LogP contribution in [-0.2, 0) is 16.0 Å². The van der Waals surface area contributed by atoms with Crippen molar-refractivity contribution in [3.8, 4) is 11.3 Å². The number of aryl methyl sites for hydroxylation is 1. The molecule has 0 atom stereocenters. The third-order valence-electron chi connectivity index (χ3n) is 4.85. The number of carbonyl (C=O) groups excluding carboxylic acids is 2. The molecule has 0 saturated carbocycles. The maximum Gasteiger partial charge on any atom is 0.292 e. The van der Waals surface area contributed by atoms with Crippen molar-refractivity contribution in [1.82, 2.24) is 5.32 Å². The number of nitrogens with one attached hydrogen (secondary N) is 1. The van der Waals surface area contributed by atoms with Crippen LogP contribution in [0.2, 0.25) is 0 Å². The van der Waals surface area contributed by atoms with Gasteiger partial charge in [0.15, 0.2) is 6.29 Å². The molecule has 1 aliphatic heterocycles. The van der Waals surface area contributed by atoms with Crippen LogP contribution >= 0.6 is 0 Å². The van der Waals surface area contributed by atoms with E-state index < -0.39 is 0 Å². The predicted molar refractivity (Wildman–Crippen MR) is 121 cm³/mol. The number of hydrogen-bond acceptors (Lipinski definition) is 6. The minimum Gasteiger partial charge on any atom is -0.471 e. The summed E-state index contributed by atoms with van der Waals surface area (Å²) in [6, 6.07) is 10.1. The molecule has 0 unspecified atom stereocenters. The summed E-state index contributed by atoms with van der Waals surface area (Å²) in [6.07, 6.45) is 4.14. The number of halogens is 1. The van der Waals surface area contributed by atoms with Crippen molar-refractivity contribution in [3.05, 3.63) is 53.3 Å². The molecule has 31 heavy (non-hydrogen) atoms. The van der Waals surface area contributed by atoms with Gasteiger partial charge in [-0.25, -0.2) is 4.39 Å². The van der Waals surface area contributed by atoms with Crippen molar-refractivity contribution in [2.75, 3.05) is 39.7 Å². The Bertz CT molecular complexity index is 999. The van der Waals surface area contributed by atoms with Crippen molar-refractivity contribution in [1.29, 1.82) is 0 Å². The summed E-state index contributed by atoms with van der Waals surface area (Å²) in [5.74, 6) is 0.193. The third kappa shape index (κ3) is 5.92. The molecule has 1 aromatic heterocycles. The van der Waals surface area contributed by atoms with Crippen LogP contribution in [0.1, 0.15) is 28.8 Å². The second kappa shape index (κ2) is 11.9. The van der Waals surface area contributed by atoms with E-state index in [1.807, 2.05) is 20.2 Å². The first-order valence-electron chi connectivity index (χ1n) is 10.1. The summed E-state index contributed by atoms with van der Waals surface area (Å²) in [6.45, 7) is 1.39. The number of carbonyl (C=O) groups is 2. The molecule has 3 aromatic rings. The predicted octanol–water partition coefficient (Wildman–Crippen LogP) is 4.45. The Morgan fingerprint density at radius 1 is 1.13 bits per heavy atom. The Labute approximate surface area is 182 Å². The highest BCUT2D eigenvalue weighted by atomic mass is 19.1. The van der Waals surface area contributed by atoms with Crippen molar-refractivity contribution in [3.63, 3.8) is 0 Å². The maximum absolute atomic E-state index is 13.2. The fourth-order valence-electron chi connectivity index (χ4n) is 3.47. The van der Waals surface area contributed by atoms with Crippen molar-refractivity contribution >= 4 is 29.4 Å². The summed E-state index contributed by atoms with van der Waals surface area (Å²) in [7, 11) is 7.15. The molecule has 2 aromatic carbocycles. The number of benzene rings is 2. The van der Waals surface area contributed by atoms with Gasteiger partial charge in [-0.2, -0.15) is 0 Å². The van der Waals surface area contributed by atoms with Crippen molar-refractivity contribution < 1.29 is 23.1 Å². The fraction of sp³-hybridized carbons (Fsp3) is 0.333. The van der Waals surface area contributed by atoms with Gasteiger partial charge < -0.3 is 19.4 Å². The maximum atomic E-state index is 13.2. The number of anilines is 1. The quantitative estimate of drug-likeness (QED) is 0.622. The van der Waals surface area contributed by atoms with Gasteiger partial charge in [-0.15, -0.1) is 0 Å². The molecule has 0 amide bonds. The van der Waals surface area contributed by atoms with E-state index in [4.69, 9.17) is 9.21 Å². The highest BCUT2D eigenvalue weighted by molar-refractivity contribution is 6.03. The van der Waals surface area contributed by atoms with Crippen LogP contribution in [-0.4, -0.2) is 47.6 Å². The number of fused-ring (bicyclic) bond motifs is 2. The average Bonchev–Trinajstić information content (AvgIpc) is 3.04. The molecule has 4 rings (SSSR count).